The van der Waals surface area contributed by atoms with E-state index in [0.29, 0.717) is 10.6 Å². The van der Waals surface area contributed by atoms with Gasteiger partial charge in [-0.3, -0.25) is 0 Å². The standard InChI is InChI=1S/C10H10BrF3N2/c11-8-3-4-16(6-8)9-2-1-7(5-15-9)10(12,13)14/h1-2,5,8H,3-4,6H2. The molecule has 0 aromatic carbocycles. The third-order valence-electron chi connectivity index (χ3n) is 2.53. The summed E-state index contributed by atoms with van der Waals surface area (Å²) >= 11 is 3.47. The molecule has 0 radical (unpaired) electrons. The van der Waals surface area contributed by atoms with Crippen LogP contribution in [-0.2, 0) is 6.18 Å². The van der Waals surface area contributed by atoms with Crippen LogP contribution in [0.3, 0.4) is 0 Å². The fourth-order valence-electron chi connectivity index (χ4n) is 1.67. The second-order valence-corrected chi connectivity index (χ2v) is 5.03. The lowest BCUT2D eigenvalue weighted by atomic mass is 10.3. The Morgan fingerprint density at radius 2 is 2.12 bits per heavy atom. The molecule has 1 aliphatic heterocycles. The molecule has 1 atom stereocenters. The lowest BCUT2D eigenvalue weighted by Crippen LogP contribution is -2.21. The van der Waals surface area contributed by atoms with Crippen molar-refractivity contribution in [3.05, 3.63) is 23.9 Å². The highest BCUT2D eigenvalue weighted by molar-refractivity contribution is 9.09. The Hall–Kier alpha value is -0.780. The van der Waals surface area contributed by atoms with Crippen LogP contribution in [0.4, 0.5) is 19.0 Å². The van der Waals surface area contributed by atoms with Crippen molar-refractivity contribution in [1.29, 1.82) is 0 Å². The largest absolute Gasteiger partial charge is 0.417 e. The Morgan fingerprint density at radius 3 is 2.56 bits per heavy atom. The maximum absolute atomic E-state index is 12.3. The molecule has 1 aliphatic rings. The summed E-state index contributed by atoms with van der Waals surface area (Å²) in [7, 11) is 0. The molecule has 2 nitrogen and oxygen atoms in total. The Labute approximate surface area is 99.6 Å². The van der Waals surface area contributed by atoms with Gasteiger partial charge in [-0.05, 0) is 18.6 Å². The SMILES string of the molecule is FC(F)(F)c1ccc(N2CCC(Br)C2)nc1. The molecular formula is C10H10BrF3N2. The Bertz CT molecular complexity index is 363. The van der Waals surface area contributed by atoms with Crippen LogP contribution in [0, 0.1) is 0 Å². The predicted octanol–water partition coefficient (Wildman–Crippen LogP) is 3.07. The molecule has 1 unspecified atom stereocenters. The quantitative estimate of drug-likeness (QED) is 0.740. The van der Waals surface area contributed by atoms with Crippen LogP contribution < -0.4 is 4.90 Å². The molecule has 6 heteroatoms. The lowest BCUT2D eigenvalue weighted by Gasteiger charge is -2.17. The summed E-state index contributed by atoms with van der Waals surface area (Å²) < 4.78 is 36.9. The molecule has 0 spiro atoms. The van der Waals surface area contributed by atoms with Crippen LogP contribution in [0.25, 0.3) is 0 Å². The van der Waals surface area contributed by atoms with Crippen molar-refractivity contribution < 1.29 is 13.2 Å². The van der Waals surface area contributed by atoms with E-state index in [-0.39, 0.29) is 0 Å². The number of hydrogen-bond donors (Lipinski definition) is 0. The Kier molecular flexibility index (Phi) is 3.10. The lowest BCUT2D eigenvalue weighted by molar-refractivity contribution is -0.137. The average Bonchev–Trinajstić information content (AvgIpc) is 2.64. The van der Waals surface area contributed by atoms with Gasteiger partial charge >= 0.3 is 6.18 Å². The van der Waals surface area contributed by atoms with E-state index in [4.69, 9.17) is 0 Å². The van der Waals surface area contributed by atoms with Crippen LogP contribution >= 0.6 is 15.9 Å². The first-order chi connectivity index (χ1) is 7.47. The first-order valence-corrected chi connectivity index (χ1v) is 5.80. The third kappa shape index (κ3) is 2.48. The number of nitrogens with zero attached hydrogens (tertiary/aromatic N) is 2. The molecular weight excluding hydrogens is 285 g/mol. The van der Waals surface area contributed by atoms with Crippen LogP contribution in [0.15, 0.2) is 18.3 Å². The van der Waals surface area contributed by atoms with E-state index in [1.807, 2.05) is 4.90 Å². The van der Waals surface area contributed by atoms with Gasteiger partial charge in [0.05, 0.1) is 5.56 Å². The van der Waals surface area contributed by atoms with E-state index in [0.717, 1.165) is 31.8 Å². The van der Waals surface area contributed by atoms with Gasteiger partial charge in [0, 0.05) is 24.1 Å². The summed E-state index contributed by atoms with van der Waals surface area (Å²) in [5.74, 6) is 0.606. The summed E-state index contributed by atoms with van der Waals surface area (Å²) in [5.41, 5.74) is -0.703. The van der Waals surface area contributed by atoms with Crippen molar-refractivity contribution in [2.45, 2.75) is 17.4 Å². The molecule has 1 aromatic heterocycles. The average molecular weight is 295 g/mol. The molecule has 16 heavy (non-hydrogen) atoms. The van der Waals surface area contributed by atoms with E-state index in [1.165, 1.54) is 6.07 Å². The molecule has 1 aromatic rings. The molecule has 0 N–H and O–H groups in total. The molecule has 2 heterocycles. The number of rotatable bonds is 1. The molecule has 88 valence electrons. The first kappa shape index (κ1) is 11.7. The van der Waals surface area contributed by atoms with Crippen molar-refractivity contribution in [1.82, 2.24) is 4.98 Å². The van der Waals surface area contributed by atoms with Gasteiger partial charge < -0.3 is 4.90 Å². The van der Waals surface area contributed by atoms with E-state index in [1.54, 1.807) is 0 Å². The number of alkyl halides is 4. The summed E-state index contributed by atoms with van der Waals surface area (Å²) in [4.78, 5) is 6.22. The second-order valence-electron chi connectivity index (χ2n) is 3.73. The minimum absolute atomic E-state index is 0.400. The van der Waals surface area contributed by atoms with Crippen molar-refractivity contribution in [2.75, 3.05) is 18.0 Å². The zero-order chi connectivity index (χ0) is 11.8. The molecule has 0 aliphatic carbocycles. The van der Waals surface area contributed by atoms with Gasteiger partial charge in [0.2, 0.25) is 0 Å². The maximum Gasteiger partial charge on any atom is 0.417 e. The second kappa shape index (κ2) is 4.24. The highest BCUT2D eigenvalue weighted by atomic mass is 79.9. The highest BCUT2D eigenvalue weighted by Gasteiger charge is 2.31. The van der Waals surface area contributed by atoms with Crippen molar-refractivity contribution in [2.24, 2.45) is 0 Å². The number of hydrogen-bond acceptors (Lipinski definition) is 2. The molecule has 0 bridgehead atoms. The van der Waals surface area contributed by atoms with Crippen molar-refractivity contribution in [3.8, 4) is 0 Å². The van der Waals surface area contributed by atoms with Gasteiger partial charge in [-0.15, -0.1) is 0 Å². The number of aromatic nitrogens is 1. The molecule has 0 amide bonds. The summed E-state index contributed by atoms with van der Waals surface area (Å²) in [6.45, 7) is 1.62. The van der Waals surface area contributed by atoms with Gasteiger partial charge in [0.25, 0.3) is 0 Å². The van der Waals surface area contributed by atoms with Gasteiger partial charge in [-0.1, -0.05) is 15.9 Å². The number of anilines is 1. The first-order valence-electron chi connectivity index (χ1n) is 4.89. The smallest absolute Gasteiger partial charge is 0.355 e. The fourth-order valence-corrected chi connectivity index (χ4v) is 2.22. The molecule has 1 saturated heterocycles. The Balaban J connectivity index is 2.14. The fraction of sp³-hybridized carbons (Fsp3) is 0.500. The Morgan fingerprint density at radius 1 is 1.38 bits per heavy atom. The van der Waals surface area contributed by atoms with Crippen molar-refractivity contribution in [3.63, 3.8) is 0 Å². The molecule has 2 rings (SSSR count). The maximum atomic E-state index is 12.3. The van der Waals surface area contributed by atoms with Gasteiger partial charge in [0.1, 0.15) is 5.82 Å². The molecule has 0 saturated carbocycles. The van der Waals surface area contributed by atoms with E-state index in [2.05, 4.69) is 20.9 Å². The zero-order valence-corrected chi connectivity index (χ0v) is 9.92. The summed E-state index contributed by atoms with van der Waals surface area (Å²) in [6, 6.07) is 2.50. The normalized spacial score (nSPS) is 21.5. The van der Waals surface area contributed by atoms with Crippen LogP contribution in [0.1, 0.15) is 12.0 Å². The number of pyridine rings is 1. The van der Waals surface area contributed by atoms with Crippen molar-refractivity contribution >= 4 is 21.7 Å². The van der Waals surface area contributed by atoms with E-state index in [9.17, 15) is 13.2 Å². The minimum atomic E-state index is -4.31. The van der Waals surface area contributed by atoms with Gasteiger partial charge in [0.15, 0.2) is 0 Å². The predicted molar refractivity (Wildman–Crippen MR) is 58.8 cm³/mol. The molecule has 1 fully saturated rings. The summed E-state index contributed by atoms with van der Waals surface area (Å²) in [6.07, 6.45) is -2.44. The van der Waals surface area contributed by atoms with E-state index < -0.39 is 11.7 Å². The van der Waals surface area contributed by atoms with Gasteiger partial charge in [-0.25, -0.2) is 4.98 Å². The zero-order valence-electron chi connectivity index (χ0n) is 8.34. The van der Waals surface area contributed by atoms with Gasteiger partial charge in [-0.2, -0.15) is 13.2 Å². The monoisotopic (exact) mass is 294 g/mol. The van der Waals surface area contributed by atoms with Crippen LogP contribution in [-0.4, -0.2) is 22.9 Å². The highest BCUT2D eigenvalue weighted by Crippen LogP contribution is 2.30. The minimum Gasteiger partial charge on any atom is -0.355 e. The van der Waals surface area contributed by atoms with Crippen LogP contribution in [0.2, 0.25) is 0 Å². The summed E-state index contributed by atoms with van der Waals surface area (Å²) in [5, 5.41) is 0. The third-order valence-corrected chi connectivity index (χ3v) is 3.28. The number of halogens is 4. The topological polar surface area (TPSA) is 16.1 Å². The van der Waals surface area contributed by atoms with E-state index >= 15 is 0 Å². The van der Waals surface area contributed by atoms with Crippen LogP contribution in [0.5, 0.6) is 0 Å².